The zero-order valence-electron chi connectivity index (χ0n) is 10.8. The van der Waals surface area contributed by atoms with Gasteiger partial charge in [0.2, 0.25) is 0 Å². The summed E-state index contributed by atoms with van der Waals surface area (Å²) in [5.41, 5.74) is 5.01. The predicted molar refractivity (Wildman–Crippen MR) is 72.9 cm³/mol. The minimum absolute atomic E-state index is 0.187. The van der Waals surface area contributed by atoms with Crippen LogP contribution >= 0.6 is 0 Å². The summed E-state index contributed by atoms with van der Waals surface area (Å²) in [5.74, 6) is -0.187. The molecule has 0 spiro atoms. The zero-order chi connectivity index (χ0) is 13.0. The molecule has 0 aliphatic heterocycles. The van der Waals surface area contributed by atoms with E-state index in [-0.39, 0.29) is 5.82 Å². The van der Waals surface area contributed by atoms with Gasteiger partial charge in [0.05, 0.1) is 0 Å². The van der Waals surface area contributed by atoms with Gasteiger partial charge >= 0.3 is 0 Å². The first-order chi connectivity index (χ1) is 8.65. The molecule has 0 atom stereocenters. The predicted octanol–water partition coefficient (Wildman–Crippen LogP) is 3.73. The molecule has 2 aromatic rings. The van der Waals surface area contributed by atoms with E-state index < -0.39 is 0 Å². The van der Waals surface area contributed by atoms with Gasteiger partial charge in [0.25, 0.3) is 0 Å². The van der Waals surface area contributed by atoms with Crippen LogP contribution in [0, 0.1) is 19.7 Å². The SMILES string of the molecule is Cc1ccc(CNCc2ccc(F)cc2)cc1C. The molecule has 0 fully saturated rings. The van der Waals surface area contributed by atoms with Gasteiger partial charge < -0.3 is 5.32 Å². The maximum atomic E-state index is 12.7. The quantitative estimate of drug-likeness (QED) is 0.862. The highest BCUT2D eigenvalue weighted by molar-refractivity contribution is 5.29. The molecule has 0 aromatic heterocycles. The molecule has 0 unspecified atom stereocenters. The van der Waals surface area contributed by atoms with Crippen LogP contribution in [0.3, 0.4) is 0 Å². The molecule has 2 rings (SSSR count). The molecule has 1 nitrogen and oxygen atoms in total. The lowest BCUT2D eigenvalue weighted by atomic mass is 10.1. The van der Waals surface area contributed by atoms with Gasteiger partial charge in [-0.1, -0.05) is 30.3 Å². The fourth-order valence-electron chi connectivity index (χ4n) is 1.87. The molecule has 0 saturated heterocycles. The second-order valence-corrected chi connectivity index (χ2v) is 4.65. The highest BCUT2D eigenvalue weighted by Crippen LogP contribution is 2.10. The lowest BCUT2D eigenvalue weighted by molar-refractivity contribution is 0.625. The summed E-state index contributed by atoms with van der Waals surface area (Å²) in [6, 6.07) is 13.1. The molecule has 0 radical (unpaired) electrons. The van der Waals surface area contributed by atoms with Crippen molar-refractivity contribution in [1.29, 1.82) is 0 Å². The minimum Gasteiger partial charge on any atom is -0.309 e. The van der Waals surface area contributed by atoms with E-state index in [4.69, 9.17) is 0 Å². The Balaban J connectivity index is 1.88. The van der Waals surface area contributed by atoms with Crippen molar-refractivity contribution < 1.29 is 4.39 Å². The van der Waals surface area contributed by atoms with Crippen molar-refractivity contribution in [2.75, 3.05) is 0 Å². The van der Waals surface area contributed by atoms with E-state index in [0.29, 0.717) is 0 Å². The monoisotopic (exact) mass is 243 g/mol. The van der Waals surface area contributed by atoms with Gasteiger partial charge in [-0.3, -0.25) is 0 Å². The number of benzene rings is 2. The summed E-state index contributed by atoms with van der Waals surface area (Å²) in [5, 5.41) is 3.36. The second kappa shape index (κ2) is 5.78. The zero-order valence-corrected chi connectivity index (χ0v) is 10.8. The molecule has 0 saturated carbocycles. The lowest BCUT2D eigenvalue weighted by Crippen LogP contribution is -2.12. The largest absolute Gasteiger partial charge is 0.309 e. The van der Waals surface area contributed by atoms with Crippen LogP contribution in [0.25, 0.3) is 0 Å². The van der Waals surface area contributed by atoms with Gasteiger partial charge in [-0.05, 0) is 48.2 Å². The van der Waals surface area contributed by atoms with E-state index in [1.165, 1.54) is 28.8 Å². The lowest BCUT2D eigenvalue weighted by Gasteiger charge is -2.07. The number of hydrogen-bond acceptors (Lipinski definition) is 1. The Kier molecular flexibility index (Phi) is 4.11. The van der Waals surface area contributed by atoms with Crippen LogP contribution in [0.1, 0.15) is 22.3 Å². The number of hydrogen-bond donors (Lipinski definition) is 1. The summed E-state index contributed by atoms with van der Waals surface area (Å²) in [4.78, 5) is 0. The van der Waals surface area contributed by atoms with E-state index in [2.05, 4.69) is 37.4 Å². The Morgan fingerprint density at radius 3 is 2.11 bits per heavy atom. The molecular formula is C16H18FN. The molecule has 18 heavy (non-hydrogen) atoms. The average molecular weight is 243 g/mol. The molecular weight excluding hydrogens is 225 g/mol. The van der Waals surface area contributed by atoms with E-state index in [1.54, 1.807) is 0 Å². The van der Waals surface area contributed by atoms with Crippen molar-refractivity contribution in [3.63, 3.8) is 0 Å². The molecule has 2 aromatic carbocycles. The first kappa shape index (κ1) is 12.8. The molecule has 0 bridgehead atoms. The third-order valence-electron chi connectivity index (χ3n) is 3.14. The average Bonchev–Trinajstić information content (AvgIpc) is 2.36. The Hall–Kier alpha value is -1.67. The number of halogens is 1. The topological polar surface area (TPSA) is 12.0 Å². The summed E-state index contributed by atoms with van der Waals surface area (Å²) >= 11 is 0. The summed E-state index contributed by atoms with van der Waals surface area (Å²) < 4.78 is 12.7. The first-order valence-electron chi connectivity index (χ1n) is 6.16. The van der Waals surface area contributed by atoms with Crippen LogP contribution in [0.2, 0.25) is 0 Å². The molecule has 0 amide bonds. The minimum atomic E-state index is -0.187. The van der Waals surface area contributed by atoms with Crippen LogP contribution < -0.4 is 5.32 Å². The van der Waals surface area contributed by atoms with Crippen LogP contribution in [0.4, 0.5) is 4.39 Å². The van der Waals surface area contributed by atoms with Crippen LogP contribution in [0.15, 0.2) is 42.5 Å². The fraction of sp³-hybridized carbons (Fsp3) is 0.250. The van der Waals surface area contributed by atoms with Crippen molar-refractivity contribution in [1.82, 2.24) is 5.32 Å². The molecule has 0 aliphatic rings. The van der Waals surface area contributed by atoms with Crippen LogP contribution in [-0.2, 0) is 13.1 Å². The maximum absolute atomic E-state index is 12.7. The Labute approximate surface area is 108 Å². The summed E-state index contributed by atoms with van der Waals surface area (Å²) in [6.45, 7) is 5.83. The number of aryl methyl sites for hydroxylation is 2. The van der Waals surface area contributed by atoms with E-state index >= 15 is 0 Å². The molecule has 1 N–H and O–H groups in total. The van der Waals surface area contributed by atoms with Gasteiger partial charge in [-0.2, -0.15) is 0 Å². The standard InChI is InChI=1S/C16H18FN/c1-12-3-4-15(9-13(12)2)11-18-10-14-5-7-16(17)8-6-14/h3-9,18H,10-11H2,1-2H3. The van der Waals surface area contributed by atoms with Crippen LogP contribution in [0.5, 0.6) is 0 Å². The Morgan fingerprint density at radius 1 is 0.833 bits per heavy atom. The van der Waals surface area contributed by atoms with Crippen molar-refractivity contribution in [3.05, 3.63) is 70.5 Å². The number of nitrogens with one attached hydrogen (secondary N) is 1. The van der Waals surface area contributed by atoms with Crippen molar-refractivity contribution in [3.8, 4) is 0 Å². The Bertz CT molecular complexity index is 517. The molecule has 0 heterocycles. The van der Waals surface area contributed by atoms with Gasteiger partial charge in [0.15, 0.2) is 0 Å². The normalized spacial score (nSPS) is 10.6. The molecule has 2 heteroatoms. The van der Waals surface area contributed by atoms with Crippen molar-refractivity contribution >= 4 is 0 Å². The van der Waals surface area contributed by atoms with Gasteiger partial charge in [0, 0.05) is 13.1 Å². The molecule has 0 aliphatic carbocycles. The van der Waals surface area contributed by atoms with Crippen molar-refractivity contribution in [2.45, 2.75) is 26.9 Å². The Morgan fingerprint density at radius 2 is 1.44 bits per heavy atom. The van der Waals surface area contributed by atoms with Gasteiger partial charge in [-0.15, -0.1) is 0 Å². The van der Waals surface area contributed by atoms with Gasteiger partial charge in [0.1, 0.15) is 5.82 Å². The second-order valence-electron chi connectivity index (χ2n) is 4.65. The first-order valence-corrected chi connectivity index (χ1v) is 6.16. The highest BCUT2D eigenvalue weighted by atomic mass is 19.1. The van der Waals surface area contributed by atoms with E-state index in [1.807, 2.05) is 12.1 Å². The summed E-state index contributed by atoms with van der Waals surface area (Å²) in [7, 11) is 0. The van der Waals surface area contributed by atoms with Crippen molar-refractivity contribution in [2.24, 2.45) is 0 Å². The maximum Gasteiger partial charge on any atom is 0.123 e. The van der Waals surface area contributed by atoms with E-state index in [9.17, 15) is 4.39 Å². The molecule has 94 valence electrons. The van der Waals surface area contributed by atoms with E-state index in [0.717, 1.165) is 18.7 Å². The smallest absolute Gasteiger partial charge is 0.123 e. The number of rotatable bonds is 4. The van der Waals surface area contributed by atoms with Crippen LogP contribution in [-0.4, -0.2) is 0 Å². The summed E-state index contributed by atoms with van der Waals surface area (Å²) in [6.07, 6.45) is 0. The highest BCUT2D eigenvalue weighted by Gasteiger charge is 1.97. The fourth-order valence-corrected chi connectivity index (χ4v) is 1.87. The van der Waals surface area contributed by atoms with Gasteiger partial charge in [-0.25, -0.2) is 4.39 Å². The third kappa shape index (κ3) is 3.41. The third-order valence-corrected chi connectivity index (χ3v) is 3.14.